The van der Waals surface area contributed by atoms with Crippen LogP contribution in [0.25, 0.3) is 11.3 Å². The number of nitrogens with zero attached hydrogens (tertiary/aromatic N) is 2. The second kappa shape index (κ2) is 9.31. The van der Waals surface area contributed by atoms with Crippen LogP contribution >= 0.6 is 0 Å². The topological polar surface area (TPSA) is 91.5 Å². The molecule has 8 nitrogen and oxygen atoms in total. The molecule has 0 saturated carbocycles. The standard InChI is InChI=1S/C27H28FN5O3/c1-35-26-19(28)6-4-7-20(26)31-25-22-23-17(11-30-27(22)34)5-2-3-10-33-13-16(14-33)15-36-21-12-29-9-8-18(21)24(25)32-23/h2-4,6-9,12,16-17,31-32H,5,10-11,13-15H2,1H3,(H,30,34)/b3-2-. The van der Waals surface area contributed by atoms with Gasteiger partial charge in [-0.3, -0.25) is 14.7 Å². The van der Waals surface area contributed by atoms with Crippen LogP contribution in [0.15, 0.2) is 48.8 Å². The summed E-state index contributed by atoms with van der Waals surface area (Å²) in [6, 6.07) is 6.55. The summed E-state index contributed by atoms with van der Waals surface area (Å²) < 4.78 is 26.1. The fourth-order valence-electron chi connectivity index (χ4n) is 5.27. The van der Waals surface area contributed by atoms with E-state index in [2.05, 4.69) is 37.7 Å². The van der Waals surface area contributed by atoms with Gasteiger partial charge in [-0.15, -0.1) is 0 Å². The number of hydrogen-bond donors (Lipinski definition) is 3. The number of allylic oxidation sites excluding steroid dienone is 1. The van der Waals surface area contributed by atoms with Crippen LogP contribution in [0.5, 0.6) is 11.5 Å². The normalized spacial score (nSPS) is 23.6. The Kier molecular flexibility index (Phi) is 5.85. The van der Waals surface area contributed by atoms with E-state index in [0.29, 0.717) is 47.5 Å². The smallest absolute Gasteiger partial charge is 0.255 e. The fraction of sp³-hybridized carbons (Fsp3) is 0.333. The number of fused-ring (bicyclic) bond motifs is 3. The van der Waals surface area contributed by atoms with Crippen LogP contribution in [0, 0.1) is 11.7 Å². The van der Waals surface area contributed by atoms with Gasteiger partial charge in [0, 0.05) is 55.5 Å². The highest BCUT2D eigenvalue weighted by Gasteiger charge is 2.34. The number of amides is 1. The number of anilines is 2. The average Bonchev–Trinajstić information content (AvgIpc) is 3.23. The molecule has 1 saturated heterocycles. The number of halogens is 1. The molecule has 4 aliphatic heterocycles. The SMILES string of the molecule is COc1c(F)cccc1Nc1c2[nH]c3c1C(=O)NCC3C/C=C\CN1CC(COc3cnccc3-2)C1. The van der Waals surface area contributed by atoms with Crippen LogP contribution in [-0.4, -0.2) is 60.7 Å². The van der Waals surface area contributed by atoms with Crippen molar-refractivity contribution in [2.45, 2.75) is 12.3 Å². The Morgan fingerprint density at radius 2 is 2.14 bits per heavy atom. The predicted octanol–water partition coefficient (Wildman–Crippen LogP) is 4.07. The fourth-order valence-corrected chi connectivity index (χ4v) is 5.27. The van der Waals surface area contributed by atoms with E-state index in [1.807, 2.05) is 6.07 Å². The van der Waals surface area contributed by atoms with Crippen molar-refractivity contribution in [2.24, 2.45) is 5.92 Å². The van der Waals surface area contributed by atoms with Gasteiger partial charge < -0.3 is 25.1 Å². The number of rotatable bonds is 3. The highest BCUT2D eigenvalue weighted by molar-refractivity contribution is 6.07. The van der Waals surface area contributed by atoms with E-state index in [0.717, 1.165) is 37.3 Å². The number of carbonyl (C=O) groups excluding carboxylic acids is 1. The monoisotopic (exact) mass is 489 g/mol. The summed E-state index contributed by atoms with van der Waals surface area (Å²) in [5.41, 5.74) is 3.82. The van der Waals surface area contributed by atoms with E-state index in [4.69, 9.17) is 9.47 Å². The van der Waals surface area contributed by atoms with Gasteiger partial charge >= 0.3 is 0 Å². The van der Waals surface area contributed by atoms with Gasteiger partial charge in [0.05, 0.1) is 42.5 Å². The number of aromatic amines is 1. The number of methoxy groups -OCH3 is 1. The lowest BCUT2D eigenvalue weighted by Gasteiger charge is -2.38. The molecule has 9 heteroatoms. The van der Waals surface area contributed by atoms with Crippen molar-refractivity contribution in [3.63, 3.8) is 0 Å². The molecule has 4 bridgehead atoms. The molecule has 1 amide bonds. The second-order valence-electron chi connectivity index (χ2n) is 9.49. The number of para-hydroxylation sites is 1. The zero-order valence-electron chi connectivity index (χ0n) is 20.0. The number of pyridine rings is 1. The Morgan fingerprint density at radius 3 is 3.00 bits per heavy atom. The van der Waals surface area contributed by atoms with Gasteiger partial charge in [0.1, 0.15) is 5.75 Å². The molecule has 0 spiro atoms. The van der Waals surface area contributed by atoms with Crippen LogP contribution < -0.4 is 20.1 Å². The molecule has 2 aromatic heterocycles. The van der Waals surface area contributed by atoms with E-state index in [9.17, 15) is 9.18 Å². The maximum absolute atomic E-state index is 14.5. The molecule has 4 aliphatic rings. The second-order valence-corrected chi connectivity index (χ2v) is 9.49. The molecular weight excluding hydrogens is 461 g/mol. The molecule has 1 fully saturated rings. The third-order valence-electron chi connectivity index (χ3n) is 7.12. The van der Waals surface area contributed by atoms with Crippen LogP contribution in [0.1, 0.15) is 28.4 Å². The number of H-pyrrole nitrogens is 1. The van der Waals surface area contributed by atoms with Crippen LogP contribution in [0.2, 0.25) is 0 Å². The van der Waals surface area contributed by atoms with E-state index < -0.39 is 5.82 Å². The third-order valence-corrected chi connectivity index (χ3v) is 7.12. The summed E-state index contributed by atoms with van der Waals surface area (Å²) >= 11 is 0. The quantitative estimate of drug-likeness (QED) is 0.481. The van der Waals surface area contributed by atoms with Crippen LogP contribution in [0.4, 0.5) is 15.8 Å². The Bertz CT molecular complexity index is 1330. The molecule has 6 heterocycles. The highest BCUT2D eigenvalue weighted by Crippen LogP contribution is 2.44. The van der Waals surface area contributed by atoms with E-state index in [1.165, 1.54) is 13.2 Å². The van der Waals surface area contributed by atoms with E-state index in [1.54, 1.807) is 24.5 Å². The molecule has 1 unspecified atom stereocenters. The van der Waals surface area contributed by atoms with Crippen molar-refractivity contribution in [2.75, 3.05) is 45.2 Å². The first-order valence-corrected chi connectivity index (χ1v) is 12.2. The van der Waals surface area contributed by atoms with Crippen LogP contribution in [-0.2, 0) is 0 Å². The molecule has 0 radical (unpaired) electrons. The number of benzene rings is 1. The maximum atomic E-state index is 14.5. The summed E-state index contributed by atoms with van der Waals surface area (Å²) in [4.78, 5) is 23.4. The molecular formula is C27H28FN5O3. The van der Waals surface area contributed by atoms with Gasteiger partial charge in [-0.05, 0) is 24.6 Å². The number of nitrogens with one attached hydrogen (secondary N) is 3. The largest absolute Gasteiger partial charge is 0.492 e. The number of carbonyl (C=O) groups is 1. The summed E-state index contributed by atoms with van der Waals surface area (Å²) in [6.07, 6.45) is 8.58. The number of hydrogen-bond acceptors (Lipinski definition) is 6. The molecule has 36 heavy (non-hydrogen) atoms. The lowest BCUT2D eigenvalue weighted by atomic mass is 9.93. The minimum absolute atomic E-state index is 0.0677. The lowest BCUT2D eigenvalue weighted by molar-refractivity contribution is 0.0727. The van der Waals surface area contributed by atoms with Crippen molar-refractivity contribution >= 4 is 17.3 Å². The first-order valence-electron chi connectivity index (χ1n) is 12.2. The molecule has 7 rings (SSSR count). The minimum atomic E-state index is -0.488. The van der Waals surface area contributed by atoms with E-state index >= 15 is 0 Å². The van der Waals surface area contributed by atoms with Crippen molar-refractivity contribution in [1.82, 2.24) is 20.2 Å². The number of ether oxygens (including phenoxy) is 2. The first kappa shape index (κ1) is 22.6. The molecule has 0 aliphatic carbocycles. The Hall–Kier alpha value is -3.85. The van der Waals surface area contributed by atoms with Gasteiger partial charge in [0.25, 0.3) is 5.91 Å². The Balaban J connectivity index is 1.52. The molecule has 1 aromatic carbocycles. The zero-order chi connectivity index (χ0) is 24.6. The van der Waals surface area contributed by atoms with Crippen molar-refractivity contribution in [3.8, 4) is 22.8 Å². The first-order chi connectivity index (χ1) is 17.6. The van der Waals surface area contributed by atoms with Crippen molar-refractivity contribution in [1.29, 1.82) is 0 Å². The van der Waals surface area contributed by atoms with Gasteiger partial charge in [-0.2, -0.15) is 0 Å². The van der Waals surface area contributed by atoms with Crippen LogP contribution in [0.3, 0.4) is 0 Å². The van der Waals surface area contributed by atoms with Crippen molar-refractivity contribution < 1.29 is 18.7 Å². The molecule has 186 valence electrons. The maximum Gasteiger partial charge on any atom is 0.255 e. The molecule has 3 aromatic rings. The Labute approximate surface area is 208 Å². The summed E-state index contributed by atoms with van der Waals surface area (Å²) in [5, 5.41) is 6.35. The van der Waals surface area contributed by atoms with Gasteiger partial charge in [0.2, 0.25) is 0 Å². The lowest BCUT2D eigenvalue weighted by Crippen LogP contribution is -2.49. The summed E-state index contributed by atoms with van der Waals surface area (Å²) in [7, 11) is 1.42. The van der Waals surface area contributed by atoms with Gasteiger partial charge in [0.15, 0.2) is 11.6 Å². The molecule has 3 N–H and O–H groups in total. The van der Waals surface area contributed by atoms with E-state index in [-0.39, 0.29) is 17.6 Å². The summed E-state index contributed by atoms with van der Waals surface area (Å²) in [5.74, 6) is 0.565. The molecule has 1 atom stereocenters. The average molecular weight is 490 g/mol. The minimum Gasteiger partial charge on any atom is -0.492 e. The summed E-state index contributed by atoms with van der Waals surface area (Å²) in [6.45, 7) is 4.03. The zero-order valence-corrected chi connectivity index (χ0v) is 20.0. The van der Waals surface area contributed by atoms with Gasteiger partial charge in [-0.1, -0.05) is 18.2 Å². The van der Waals surface area contributed by atoms with Gasteiger partial charge in [-0.25, -0.2) is 4.39 Å². The highest BCUT2D eigenvalue weighted by atomic mass is 19.1. The number of aromatic nitrogens is 2. The third kappa shape index (κ3) is 3.99. The Morgan fingerprint density at radius 1 is 1.25 bits per heavy atom. The predicted molar refractivity (Wildman–Crippen MR) is 135 cm³/mol. The van der Waals surface area contributed by atoms with Crippen molar-refractivity contribution in [3.05, 3.63) is 65.9 Å².